The van der Waals surface area contributed by atoms with Gasteiger partial charge in [0, 0.05) is 19.1 Å². The summed E-state index contributed by atoms with van der Waals surface area (Å²) in [5.74, 6) is 2.06. The van der Waals surface area contributed by atoms with Gasteiger partial charge in [-0.2, -0.15) is 0 Å². The van der Waals surface area contributed by atoms with Crippen LogP contribution in [0.4, 0.5) is 0 Å². The number of amides is 1. The van der Waals surface area contributed by atoms with Gasteiger partial charge in [0.05, 0.1) is 0 Å². The lowest BCUT2D eigenvalue weighted by Crippen LogP contribution is -2.48. The number of aryl methyl sites for hydroxylation is 1. The monoisotopic (exact) mass is 234 g/mol. The van der Waals surface area contributed by atoms with Crippen LogP contribution in [0.3, 0.4) is 0 Å². The molecule has 2 aliphatic heterocycles. The Morgan fingerprint density at radius 1 is 1.47 bits per heavy atom. The highest BCUT2D eigenvalue weighted by Gasteiger charge is 2.35. The van der Waals surface area contributed by atoms with Crippen LogP contribution >= 0.6 is 0 Å². The minimum absolute atomic E-state index is 0.0326. The van der Waals surface area contributed by atoms with Crippen molar-refractivity contribution in [3.05, 3.63) is 23.7 Å². The molecule has 0 aliphatic carbocycles. The van der Waals surface area contributed by atoms with Crippen LogP contribution in [-0.2, 0) is 0 Å². The Morgan fingerprint density at radius 2 is 2.35 bits per heavy atom. The van der Waals surface area contributed by atoms with Crippen molar-refractivity contribution >= 4 is 5.91 Å². The molecule has 2 unspecified atom stereocenters. The summed E-state index contributed by atoms with van der Waals surface area (Å²) in [7, 11) is 0. The Hall–Kier alpha value is -1.29. The molecule has 4 nitrogen and oxygen atoms in total. The quantitative estimate of drug-likeness (QED) is 0.799. The fourth-order valence-corrected chi connectivity index (χ4v) is 2.92. The highest BCUT2D eigenvalue weighted by Crippen LogP contribution is 2.26. The van der Waals surface area contributed by atoms with E-state index in [0.717, 1.165) is 37.7 Å². The largest absolute Gasteiger partial charge is 0.456 e. The number of hydrogen-bond donors (Lipinski definition) is 1. The predicted molar refractivity (Wildman–Crippen MR) is 63.9 cm³/mol. The van der Waals surface area contributed by atoms with Gasteiger partial charge in [0.15, 0.2) is 5.76 Å². The number of rotatable bonds is 1. The molecule has 1 aromatic heterocycles. The van der Waals surface area contributed by atoms with E-state index in [9.17, 15) is 4.79 Å². The summed E-state index contributed by atoms with van der Waals surface area (Å²) in [4.78, 5) is 14.1. The number of hydrogen-bond acceptors (Lipinski definition) is 3. The van der Waals surface area contributed by atoms with E-state index in [-0.39, 0.29) is 5.91 Å². The van der Waals surface area contributed by atoms with Crippen molar-refractivity contribution in [2.45, 2.75) is 25.8 Å². The zero-order valence-electron chi connectivity index (χ0n) is 10.1. The van der Waals surface area contributed by atoms with Gasteiger partial charge in [-0.05, 0) is 44.4 Å². The van der Waals surface area contributed by atoms with Gasteiger partial charge in [-0.3, -0.25) is 4.79 Å². The highest BCUT2D eigenvalue weighted by atomic mass is 16.3. The van der Waals surface area contributed by atoms with Gasteiger partial charge in [-0.1, -0.05) is 0 Å². The second kappa shape index (κ2) is 4.18. The van der Waals surface area contributed by atoms with Crippen molar-refractivity contribution in [1.82, 2.24) is 10.2 Å². The molecule has 2 atom stereocenters. The number of nitrogens with one attached hydrogen (secondary N) is 1. The maximum absolute atomic E-state index is 12.2. The summed E-state index contributed by atoms with van der Waals surface area (Å²) in [6, 6.07) is 4.10. The van der Waals surface area contributed by atoms with E-state index in [1.54, 1.807) is 6.07 Å². The molecule has 1 amide bonds. The molecule has 0 saturated carbocycles. The third-order valence-corrected chi connectivity index (χ3v) is 3.92. The lowest BCUT2D eigenvalue weighted by Gasteiger charge is -2.34. The summed E-state index contributed by atoms with van der Waals surface area (Å²) >= 11 is 0. The van der Waals surface area contributed by atoms with Gasteiger partial charge in [0.25, 0.3) is 5.91 Å². The average molecular weight is 234 g/mol. The molecule has 2 aliphatic rings. The number of likely N-dealkylation sites (tertiary alicyclic amines) is 1. The fraction of sp³-hybridized carbons (Fsp3) is 0.615. The van der Waals surface area contributed by atoms with Crippen LogP contribution in [-0.4, -0.2) is 36.5 Å². The third-order valence-electron chi connectivity index (χ3n) is 3.92. The number of carbonyl (C=O) groups is 1. The van der Waals surface area contributed by atoms with Gasteiger partial charge >= 0.3 is 0 Å². The summed E-state index contributed by atoms with van der Waals surface area (Å²) in [6.45, 7) is 4.64. The first-order valence-electron chi connectivity index (χ1n) is 6.33. The maximum atomic E-state index is 12.2. The number of nitrogens with zero attached hydrogens (tertiary/aromatic N) is 1. The average Bonchev–Trinajstić information content (AvgIpc) is 2.95. The summed E-state index contributed by atoms with van der Waals surface area (Å²) in [5, 5.41) is 3.48. The van der Waals surface area contributed by atoms with Crippen molar-refractivity contribution in [2.24, 2.45) is 5.92 Å². The van der Waals surface area contributed by atoms with Crippen molar-refractivity contribution in [2.75, 3.05) is 19.6 Å². The Bertz CT molecular complexity index is 427. The van der Waals surface area contributed by atoms with Crippen molar-refractivity contribution in [3.8, 4) is 0 Å². The molecule has 1 N–H and O–H groups in total. The van der Waals surface area contributed by atoms with E-state index in [0.29, 0.717) is 11.8 Å². The molecule has 1 aromatic rings. The Morgan fingerprint density at radius 3 is 3.12 bits per heavy atom. The Kier molecular flexibility index (Phi) is 2.67. The van der Waals surface area contributed by atoms with E-state index in [1.807, 2.05) is 17.9 Å². The minimum atomic E-state index is 0.0326. The molecule has 4 heteroatoms. The molecular formula is C13H18N2O2. The third kappa shape index (κ3) is 1.97. The molecule has 3 rings (SSSR count). The number of furan rings is 1. The molecule has 92 valence electrons. The maximum Gasteiger partial charge on any atom is 0.289 e. The van der Waals surface area contributed by atoms with Gasteiger partial charge in [0.2, 0.25) is 0 Å². The molecule has 17 heavy (non-hydrogen) atoms. The van der Waals surface area contributed by atoms with Gasteiger partial charge in [-0.15, -0.1) is 0 Å². The van der Waals surface area contributed by atoms with Crippen LogP contribution in [0, 0.1) is 12.8 Å². The van der Waals surface area contributed by atoms with Crippen LogP contribution in [0.1, 0.15) is 29.2 Å². The van der Waals surface area contributed by atoms with Crippen molar-refractivity contribution < 1.29 is 9.21 Å². The Balaban J connectivity index is 1.70. The van der Waals surface area contributed by atoms with Crippen molar-refractivity contribution in [1.29, 1.82) is 0 Å². The fourth-order valence-electron chi connectivity index (χ4n) is 2.92. The van der Waals surface area contributed by atoms with Crippen LogP contribution < -0.4 is 5.32 Å². The SMILES string of the molecule is Cc1ccc(C(=O)N2CCC3CCNC3C2)o1. The van der Waals surface area contributed by atoms with Crippen LogP contribution in [0.25, 0.3) is 0 Å². The number of carbonyl (C=O) groups excluding carboxylic acids is 1. The zero-order chi connectivity index (χ0) is 11.8. The Labute approximate surface area is 101 Å². The van der Waals surface area contributed by atoms with Gasteiger partial charge in [0.1, 0.15) is 5.76 Å². The molecular weight excluding hydrogens is 216 g/mol. The standard InChI is InChI=1S/C13H18N2O2/c1-9-2-3-12(17-9)13(16)15-7-5-10-4-6-14-11(10)8-15/h2-3,10-11,14H,4-8H2,1H3. The van der Waals surface area contributed by atoms with Gasteiger partial charge in [-0.25, -0.2) is 0 Å². The number of piperidine rings is 1. The number of fused-ring (bicyclic) bond motifs is 1. The summed E-state index contributed by atoms with van der Waals surface area (Å²) in [6.07, 6.45) is 2.37. The van der Waals surface area contributed by atoms with E-state index in [1.165, 1.54) is 6.42 Å². The zero-order valence-corrected chi connectivity index (χ0v) is 10.1. The second-order valence-electron chi connectivity index (χ2n) is 5.06. The van der Waals surface area contributed by atoms with Gasteiger partial charge < -0.3 is 14.6 Å². The lowest BCUT2D eigenvalue weighted by atomic mass is 9.92. The van der Waals surface area contributed by atoms with E-state index in [2.05, 4.69) is 5.32 Å². The first-order chi connectivity index (χ1) is 8.24. The molecule has 2 saturated heterocycles. The topological polar surface area (TPSA) is 45.5 Å². The second-order valence-corrected chi connectivity index (χ2v) is 5.06. The molecule has 3 heterocycles. The van der Waals surface area contributed by atoms with Crippen LogP contribution in [0.5, 0.6) is 0 Å². The molecule has 0 bridgehead atoms. The molecule has 0 aromatic carbocycles. The summed E-state index contributed by atoms with van der Waals surface area (Å²) in [5.41, 5.74) is 0. The van der Waals surface area contributed by atoms with Crippen molar-refractivity contribution in [3.63, 3.8) is 0 Å². The van der Waals surface area contributed by atoms with E-state index >= 15 is 0 Å². The lowest BCUT2D eigenvalue weighted by molar-refractivity contribution is 0.0636. The predicted octanol–water partition coefficient (Wildman–Crippen LogP) is 1.41. The normalized spacial score (nSPS) is 28.2. The molecule has 0 radical (unpaired) electrons. The smallest absolute Gasteiger partial charge is 0.289 e. The molecule has 2 fully saturated rings. The van der Waals surface area contributed by atoms with E-state index in [4.69, 9.17) is 4.42 Å². The minimum Gasteiger partial charge on any atom is -0.456 e. The summed E-state index contributed by atoms with van der Waals surface area (Å²) < 4.78 is 5.40. The first kappa shape index (κ1) is 10.8. The van der Waals surface area contributed by atoms with E-state index < -0.39 is 0 Å². The first-order valence-corrected chi connectivity index (χ1v) is 6.33. The van der Waals surface area contributed by atoms with Crippen LogP contribution in [0.2, 0.25) is 0 Å². The van der Waals surface area contributed by atoms with Crippen LogP contribution in [0.15, 0.2) is 16.5 Å². The highest BCUT2D eigenvalue weighted by molar-refractivity contribution is 5.91. The molecule has 0 spiro atoms.